The average Bonchev–Trinajstić information content (AvgIpc) is 3.05. The molecule has 0 bridgehead atoms. The summed E-state index contributed by atoms with van der Waals surface area (Å²) in [4.78, 5) is 7.91. The third kappa shape index (κ3) is 3.69. The molecular weight excluding hydrogens is 369 g/mol. The molecule has 1 N–H and O–H groups in total. The molecule has 0 amide bonds. The summed E-state index contributed by atoms with van der Waals surface area (Å²) < 4.78 is 20.5. The number of aliphatic hydroxyl groups is 1. The van der Waals surface area contributed by atoms with Crippen LogP contribution in [-0.4, -0.2) is 30.1 Å². The smallest absolute Gasteiger partial charge is 0.316 e. The predicted octanol–water partition coefficient (Wildman–Crippen LogP) is 2.03. The highest BCUT2D eigenvalue weighted by atomic mass is 79.9. The molecule has 3 aromatic rings. The first-order valence-electron chi connectivity index (χ1n) is 6.57. The maximum atomic E-state index is 13.2. The van der Waals surface area contributed by atoms with Crippen LogP contribution in [-0.2, 0) is 13.2 Å². The molecule has 0 unspecified atom stereocenters. The number of rotatable bonds is 5. The Kier molecular flexibility index (Phi) is 4.58. The van der Waals surface area contributed by atoms with Gasteiger partial charge in [-0.2, -0.15) is 0 Å². The Balaban J connectivity index is 1.67. The monoisotopic (exact) mass is 379 g/mol. The first kappa shape index (κ1) is 15.5. The number of nitrogens with zero attached hydrogens (tertiary/aromatic N) is 5. The van der Waals surface area contributed by atoms with Crippen LogP contribution in [0.5, 0.6) is 6.01 Å². The number of aromatic nitrogens is 5. The number of benzene rings is 1. The number of ether oxygens (including phenoxy) is 1. The maximum Gasteiger partial charge on any atom is 0.316 e. The van der Waals surface area contributed by atoms with E-state index in [1.165, 1.54) is 23.1 Å². The van der Waals surface area contributed by atoms with E-state index in [-0.39, 0.29) is 25.0 Å². The molecule has 2 heterocycles. The molecule has 0 aliphatic carbocycles. The van der Waals surface area contributed by atoms with Gasteiger partial charge in [0.1, 0.15) is 18.1 Å². The van der Waals surface area contributed by atoms with Crippen molar-refractivity contribution in [2.45, 2.75) is 13.2 Å². The van der Waals surface area contributed by atoms with E-state index in [1.54, 1.807) is 18.3 Å². The van der Waals surface area contributed by atoms with Gasteiger partial charge in [-0.25, -0.2) is 19.0 Å². The van der Waals surface area contributed by atoms with E-state index in [4.69, 9.17) is 9.84 Å². The highest BCUT2D eigenvalue weighted by molar-refractivity contribution is 9.10. The second-order valence-corrected chi connectivity index (χ2v) is 5.43. The first-order chi connectivity index (χ1) is 11.2. The van der Waals surface area contributed by atoms with Crippen LogP contribution in [0.1, 0.15) is 11.3 Å². The minimum Gasteiger partial charge on any atom is -0.457 e. The zero-order chi connectivity index (χ0) is 16.2. The topological polar surface area (TPSA) is 86.0 Å². The van der Waals surface area contributed by atoms with Crippen LogP contribution >= 0.6 is 15.9 Å². The minimum absolute atomic E-state index is 0.123. The fourth-order valence-corrected chi connectivity index (χ4v) is 2.12. The van der Waals surface area contributed by atoms with Gasteiger partial charge < -0.3 is 9.84 Å². The molecule has 0 fully saturated rings. The lowest BCUT2D eigenvalue weighted by Gasteiger charge is -2.02. The molecule has 0 saturated heterocycles. The zero-order valence-electron chi connectivity index (χ0n) is 11.7. The van der Waals surface area contributed by atoms with Gasteiger partial charge in [0.25, 0.3) is 0 Å². The van der Waals surface area contributed by atoms with Crippen LogP contribution < -0.4 is 4.74 Å². The van der Waals surface area contributed by atoms with Crippen molar-refractivity contribution in [1.82, 2.24) is 25.0 Å². The number of halogens is 2. The standard InChI is InChI=1S/C14H11BrFN5O2/c15-12-3-11(1-2-13(12)16)21-6-10(19-20-21)8-23-14-17-4-9(7-22)5-18-14/h1-6,22H,7-8H2. The van der Waals surface area contributed by atoms with Crippen molar-refractivity contribution >= 4 is 15.9 Å². The van der Waals surface area contributed by atoms with Gasteiger partial charge in [-0.1, -0.05) is 5.21 Å². The molecule has 0 aliphatic heterocycles. The lowest BCUT2D eigenvalue weighted by Crippen LogP contribution is -2.00. The van der Waals surface area contributed by atoms with Crippen LogP contribution in [0.4, 0.5) is 4.39 Å². The van der Waals surface area contributed by atoms with Gasteiger partial charge in [0.05, 0.1) is 23.0 Å². The SMILES string of the molecule is OCc1cnc(OCc2cn(-c3ccc(F)c(Br)c3)nn2)nc1. The normalized spacial score (nSPS) is 10.7. The Labute approximate surface area is 138 Å². The van der Waals surface area contributed by atoms with Crippen molar-refractivity contribution in [2.24, 2.45) is 0 Å². The number of aliphatic hydroxyl groups excluding tert-OH is 1. The molecule has 0 saturated carbocycles. The largest absolute Gasteiger partial charge is 0.457 e. The van der Waals surface area contributed by atoms with Crippen molar-refractivity contribution in [3.05, 3.63) is 58.3 Å². The van der Waals surface area contributed by atoms with E-state index in [9.17, 15) is 4.39 Å². The second-order valence-electron chi connectivity index (χ2n) is 4.57. The highest BCUT2D eigenvalue weighted by Crippen LogP contribution is 2.19. The molecule has 0 radical (unpaired) electrons. The molecule has 23 heavy (non-hydrogen) atoms. The first-order valence-corrected chi connectivity index (χ1v) is 7.36. The number of hydrogen-bond donors (Lipinski definition) is 1. The molecule has 3 rings (SSSR count). The van der Waals surface area contributed by atoms with E-state index in [2.05, 4.69) is 36.2 Å². The van der Waals surface area contributed by atoms with Crippen LogP contribution in [0.2, 0.25) is 0 Å². The third-order valence-electron chi connectivity index (χ3n) is 2.92. The minimum atomic E-state index is -0.346. The molecule has 7 nitrogen and oxygen atoms in total. The Bertz CT molecular complexity index is 809. The van der Waals surface area contributed by atoms with Crippen molar-refractivity contribution in [3.63, 3.8) is 0 Å². The van der Waals surface area contributed by atoms with Gasteiger partial charge in [-0.3, -0.25) is 0 Å². The van der Waals surface area contributed by atoms with Gasteiger partial charge in [0.15, 0.2) is 0 Å². The Hall–Kier alpha value is -2.39. The maximum absolute atomic E-state index is 13.2. The van der Waals surface area contributed by atoms with Crippen LogP contribution in [0, 0.1) is 5.82 Å². The van der Waals surface area contributed by atoms with Crippen molar-refractivity contribution in [2.75, 3.05) is 0 Å². The van der Waals surface area contributed by atoms with Gasteiger partial charge in [-0.05, 0) is 34.1 Å². The molecule has 1 aromatic carbocycles. The van der Waals surface area contributed by atoms with Gasteiger partial charge in [-0.15, -0.1) is 5.10 Å². The quantitative estimate of drug-likeness (QED) is 0.729. The second kappa shape index (κ2) is 6.80. The van der Waals surface area contributed by atoms with Crippen molar-refractivity contribution < 1.29 is 14.2 Å². The van der Waals surface area contributed by atoms with E-state index in [0.29, 0.717) is 21.4 Å². The van der Waals surface area contributed by atoms with Crippen LogP contribution in [0.3, 0.4) is 0 Å². The van der Waals surface area contributed by atoms with E-state index >= 15 is 0 Å². The summed E-state index contributed by atoms with van der Waals surface area (Å²) in [5.74, 6) is -0.346. The summed E-state index contributed by atoms with van der Waals surface area (Å²) in [6.07, 6.45) is 4.63. The van der Waals surface area contributed by atoms with E-state index < -0.39 is 0 Å². The van der Waals surface area contributed by atoms with Crippen molar-refractivity contribution in [1.29, 1.82) is 0 Å². The number of hydrogen-bond acceptors (Lipinski definition) is 6. The van der Waals surface area contributed by atoms with E-state index in [1.807, 2.05) is 0 Å². The predicted molar refractivity (Wildman–Crippen MR) is 81.3 cm³/mol. The van der Waals surface area contributed by atoms with Gasteiger partial charge in [0.2, 0.25) is 0 Å². The third-order valence-corrected chi connectivity index (χ3v) is 3.53. The molecule has 9 heteroatoms. The lowest BCUT2D eigenvalue weighted by atomic mass is 10.3. The van der Waals surface area contributed by atoms with E-state index in [0.717, 1.165) is 0 Å². The molecule has 0 spiro atoms. The molecule has 0 atom stereocenters. The average molecular weight is 380 g/mol. The summed E-state index contributed by atoms with van der Waals surface area (Å²) in [5.41, 5.74) is 1.84. The fourth-order valence-electron chi connectivity index (χ4n) is 1.76. The Morgan fingerprint density at radius 1 is 1.26 bits per heavy atom. The lowest BCUT2D eigenvalue weighted by molar-refractivity contribution is 0.268. The fraction of sp³-hybridized carbons (Fsp3) is 0.143. The Morgan fingerprint density at radius 2 is 2.04 bits per heavy atom. The van der Waals surface area contributed by atoms with Crippen LogP contribution in [0.15, 0.2) is 41.3 Å². The summed E-state index contributed by atoms with van der Waals surface area (Å²) in [6.45, 7) is 0.0165. The summed E-state index contributed by atoms with van der Waals surface area (Å²) in [5, 5.41) is 16.9. The zero-order valence-corrected chi connectivity index (χ0v) is 13.3. The summed E-state index contributed by atoms with van der Waals surface area (Å²) in [7, 11) is 0. The highest BCUT2D eigenvalue weighted by Gasteiger charge is 2.07. The van der Waals surface area contributed by atoms with Gasteiger partial charge in [0, 0.05) is 18.0 Å². The molecular formula is C14H11BrFN5O2. The summed E-state index contributed by atoms with van der Waals surface area (Å²) in [6, 6.07) is 4.72. The molecule has 118 valence electrons. The summed E-state index contributed by atoms with van der Waals surface area (Å²) >= 11 is 3.13. The van der Waals surface area contributed by atoms with Crippen LogP contribution in [0.25, 0.3) is 5.69 Å². The molecule has 2 aromatic heterocycles. The Morgan fingerprint density at radius 3 is 2.74 bits per heavy atom. The van der Waals surface area contributed by atoms with Crippen molar-refractivity contribution in [3.8, 4) is 11.7 Å². The van der Waals surface area contributed by atoms with Gasteiger partial charge >= 0.3 is 6.01 Å². The molecule has 0 aliphatic rings.